The predicted molar refractivity (Wildman–Crippen MR) is 111 cm³/mol. The maximum absolute atomic E-state index is 12.6. The highest BCUT2D eigenvalue weighted by Crippen LogP contribution is 2.27. The smallest absolute Gasteiger partial charge is 0.354 e. The van der Waals surface area contributed by atoms with E-state index in [0.29, 0.717) is 48.0 Å². The fourth-order valence-electron chi connectivity index (χ4n) is 3.74. The van der Waals surface area contributed by atoms with E-state index >= 15 is 0 Å². The van der Waals surface area contributed by atoms with E-state index in [1.54, 1.807) is 11.0 Å². The van der Waals surface area contributed by atoms with Gasteiger partial charge in [-0.1, -0.05) is 23.7 Å². The molecule has 2 aliphatic rings. The topological polar surface area (TPSA) is 103 Å². The first-order valence-electron chi connectivity index (χ1n) is 9.92. The van der Waals surface area contributed by atoms with Gasteiger partial charge in [0.1, 0.15) is 17.6 Å². The Morgan fingerprint density at radius 2 is 1.90 bits per heavy atom. The molecule has 8 heteroatoms. The summed E-state index contributed by atoms with van der Waals surface area (Å²) in [6.07, 6.45) is 4.51. The summed E-state index contributed by atoms with van der Waals surface area (Å²) in [4.78, 5) is 25.5. The quantitative estimate of drug-likeness (QED) is 0.589. The molecular formula is C21H26ClN3O4. The number of likely N-dealkylation sites (tertiary alicyclic amines) is 1. The summed E-state index contributed by atoms with van der Waals surface area (Å²) in [5, 5.41) is 20.5. The molecule has 7 nitrogen and oxygen atoms in total. The number of ether oxygens (including phenoxy) is 1. The van der Waals surface area contributed by atoms with Crippen LogP contribution in [0.3, 0.4) is 0 Å². The van der Waals surface area contributed by atoms with Gasteiger partial charge in [-0.15, -0.1) is 0 Å². The molecule has 0 unspecified atom stereocenters. The Morgan fingerprint density at radius 3 is 2.59 bits per heavy atom. The number of rotatable bonds is 7. The van der Waals surface area contributed by atoms with E-state index in [9.17, 15) is 9.59 Å². The molecule has 3 rings (SSSR count). The van der Waals surface area contributed by atoms with Gasteiger partial charge >= 0.3 is 5.97 Å². The van der Waals surface area contributed by atoms with E-state index in [1.807, 2.05) is 18.2 Å². The summed E-state index contributed by atoms with van der Waals surface area (Å²) in [7, 11) is 0. The zero-order chi connectivity index (χ0) is 20.8. The highest BCUT2D eigenvalue weighted by atomic mass is 35.5. The summed E-state index contributed by atoms with van der Waals surface area (Å²) in [5.41, 5.74) is 0.856. The summed E-state index contributed by atoms with van der Waals surface area (Å²) >= 11 is 6.14. The number of hydrogen-bond acceptors (Lipinski definition) is 5. The number of aliphatic carboxylic acids is 1. The largest absolute Gasteiger partial charge is 0.489 e. The number of carboxylic acids is 1. The second-order valence-corrected chi connectivity index (χ2v) is 7.73. The van der Waals surface area contributed by atoms with Crippen molar-refractivity contribution in [3.05, 3.63) is 40.6 Å². The van der Waals surface area contributed by atoms with E-state index < -0.39 is 5.97 Å². The zero-order valence-electron chi connectivity index (χ0n) is 16.2. The summed E-state index contributed by atoms with van der Waals surface area (Å²) < 4.78 is 5.96. The lowest BCUT2D eigenvalue weighted by Crippen LogP contribution is -2.45. The van der Waals surface area contributed by atoms with Crippen LogP contribution in [0.1, 0.15) is 38.5 Å². The SMILES string of the molecule is N=C(C(=O)O)C1=C(NCC(=O)N2CCC(Oc3ccccc3Cl)CC2)CCCC1. The van der Waals surface area contributed by atoms with Gasteiger partial charge in [0.25, 0.3) is 0 Å². The molecule has 1 aliphatic heterocycles. The van der Waals surface area contributed by atoms with Crippen LogP contribution in [0.2, 0.25) is 5.02 Å². The predicted octanol–water partition coefficient (Wildman–Crippen LogP) is 3.23. The lowest BCUT2D eigenvalue weighted by atomic mass is 9.93. The van der Waals surface area contributed by atoms with Crippen molar-refractivity contribution in [1.82, 2.24) is 10.2 Å². The van der Waals surface area contributed by atoms with Gasteiger partial charge in [-0.25, -0.2) is 4.79 Å². The van der Waals surface area contributed by atoms with Gasteiger partial charge in [0.2, 0.25) is 5.91 Å². The zero-order valence-corrected chi connectivity index (χ0v) is 17.0. The minimum atomic E-state index is -1.23. The first kappa shape index (κ1) is 21.2. The molecule has 0 saturated carbocycles. The summed E-state index contributed by atoms with van der Waals surface area (Å²) in [6.45, 7) is 1.32. The number of halogens is 1. The Bertz CT molecular complexity index is 816. The van der Waals surface area contributed by atoms with Crippen molar-refractivity contribution in [2.24, 2.45) is 0 Å². The summed E-state index contributed by atoms with van der Waals surface area (Å²) in [6, 6.07) is 7.37. The van der Waals surface area contributed by atoms with Gasteiger partial charge in [-0.2, -0.15) is 0 Å². The van der Waals surface area contributed by atoms with Crippen LogP contribution in [0.15, 0.2) is 35.5 Å². The molecule has 1 saturated heterocycles. The Labute approximate surface area is 175 Å². The second-order valence-electron chi connectivity index (χ2n) is 7.33. The first-order chi connectivity index (χ1) is 14.0. The van der Waals surface area contributed by atoms with Gasteiger partial charge in [0.05, 0.1) is 11.6 Å². The second kappa shape index (κ2) is 9.78. The Kier molecular flexibility index (Phi) is 7.14. The molecule has 1 heterocycles. The Hall–Kier alpha value is -2.54. The molecule has 1 aromatic rings. The maximum atomic E-state index is 12.6. The van der Waals surface area contributed by atoms with Crippen molar-refractivity contribution >= 4 is 29.2 Å². The van der Waals surface area contributed by atoms with E-state index in [-0.39, 0.29) is 24.3 Å². The van der Waals surface area contributed by atoms with Crippen LogP contribution in [0, 0.1) is 5.41 Å². The number of hydrogen-bond donors (Lipinski definition) is 3. The first-order valence-corrected chi connectivity index (χ1v) is 10.3. The van der Waals surface area contributed by atoms with Gasteiger partial charge < -0.3 is 20.1 Å². The molecule has 1 aliphatic carbocycles. The molecule has 1 amide bonds. The number of amides is 1. The third kappa shape index (κ3) is 5.50. The molecule has 1 fully saturated rings. The van der Waals surface area contributed by atoms with Gasteiger partial charge in [-0.05, 0) is 37.8 Å². The van der Waals surface area contributed by atoms with Crippen LogP contribution >= 0.6 is 11.6 Å². The minimum absolute atomic E-state index is 0.0237. The number of carbonyl (C=O) groups excluding carboxylic acids is 1. The standard InChI is InChI=1S/C21H26ClN3O4/c22-16-6-2-4-8-18(16)29-14-9-11-25(12-10-14)19(26)13-24-17-7-3-1-5-15(17)20(23)21(27)28/h2,4,6,8,14,23-24H,1,3,5,7,9-13H2,(H,27,28). The molecule has 0 bridgehead atoms. The van der Waals surface area contributed by atoms with E-state index in [2.05, 4.69) is 5.32 Å². The Morgan fingerprint density at radius 1 is 1.21 bits per heavy atom. The van der Waals surface area contributed by atoms with Gasteiger partial charge in [0.15, 0.2) is 0 Å². The van der Waals surface area contributed by atoms with Crippen molar-refractivity contribution in [2.45, 2.75) is 44.6 Å². The van der Waals surface area contributed by atoms with Crippen LogP contribution in [0.25, 0.3) is 0 Å². The Balaban J connectivity index is 1.50. The van der Waals surface area contributed by atoms with Crippen LogP contribution in [-0.4, -0.2) is 53.3 Å². The van der Waals surface area contributed by atoms with Gasteiger partial charge in [-0.3, -0.25) is 10.2 Å². The molecule has 0 atom stereocenters. The van der Waals surface area contributed by atoms with E-state index in [4.69, 9.17) is 26.9 Å². The maximum Gasteiger partial charge on any atom is 0.354 e. The molecular weight excluding hydrogens is 394 g/mol. The van der Waals surface area contributed by atoms with Crippen molar-refractivity contribution < 1.29 is 19.4 Å². The third-order valence-electron chi connectivity index (χ3n) is 5.36. The molecule has 1 aromatic carbocycles. The van der Waals surface area contributed by atoms with Crippen molar-refractivity contribution in [3.63, 3.8) is 0 Å². The minimum Gasteiger partial charge on any atom is -0.489 e. The average Bonchev–Trinajstić information content (AvgIpc) is 2.74. The van der Waals surface area contributed by atoms with Crippen LogP contribution < -0.4 is 10.1 Å². The van der Waals surface area contributed by atoms with Crippen LogP contribution in [-0.2, 0) is 9.59 Å². The molecule has 0 radical (unpaired) electrons. The molecule has 0 spiro atoms. The van der Waals surface area contributed by atoms with Crippen LogP contribution in [0.5, 0.6) is 5.75 Å². The lowest BCUT2D eigenvalue weighted by Gasteiger charge is -2.33. The lowest BCUT2D eigenvalue weighted by molar-refractivity contribution is -0.132. The molecule has 3 N–H and O–H groups in total. The number of carbonyl (C=O) groups is 2. The van der Waals surface area contributed by atoms with Crippen molar-refractivity contribution in [2.75, 3.05) is 19.6 Å². The summed E-state index contributed by atoms with van der Waals surface area (Å²) in [5.74, 6) is -0.591. The monoisotopic (exact) mass is 419 g/mol. The fourth-order valence-corrected chi connectivity index (χ4v) is 3.92. The number of benzene rings is 1. The van der Waals surface area contributed by atoms with Crippen LogP contribution in [0.4, 0.5) is 0 Å². The molecule has 29 heavy (non-hydrogen) atoms. The van der Waals surface area contributed by atoms with Gasteiger partial charge in [0, 0.05) is 37.2 Å². The van der Waals surface area contributed by atoms with Crippen molar-refractivity contribution in [3.8, 4) is 5.75 Å². The average molecular weight is 420 g/mol. The number of carboxylic acid groups (broad SMARTS) is 1. The fraction of sp³-hybridized carbons (Fsp3) is 0.476. The number of nitrogens with one attached hydrogen (secondary N) is 2. The normalized spacial score (nSPS) is 17.8. The number of para-hydroxylation sites is 1. The highest BCUT2D eigenvalue weighted by molar-refractivity contribution is 6.41. The van der Waals surface area contributed by atoms with E-state index in [0.717, 1.165) is 25.7 Å². The van der Waals surface area contributed by atoms with E-state index in [1.165, 1.54) is 0 Å². The molecule has 156 valence electrons. The van der Waals surface area contributed by atoms with Crippen molar-refractivity contribution in [1.29, 1.82) is 5.41 Å². The highest BCUT2D eigenvalue weighted by Gasteiger charge is 2.25. The third-order valence-corrected chi connectivity index (χ3v) is 5.67. The molecule has 0 aromatic heterocycles. The number of nitrogens with zero attached hydrogens (tertiary/aromatic N) is 1. The number of piperidine rings is 1. The number of allylic oxidation sites excluding steroid dienone is 1.